The Morgan fingerprint density at radius 2 is 2.00 bits per heavy atom. The predicted molar refractivity (Wildman–Crippen MR) is 118 cm³/mol. The average molecular weight is 432 g/mol. The summed E-state index contributed by atoms with van der Waals surface area (Å²) in [5, 5.41) is 11.9. The first kappa shape index (κ1) is 21.4. The molecule has 2 aromatic rings. The number of hydrogen-bond acceptors (Lipinski definition) is 5. The predicted octanol–water partition coefficient (Wildman–Crippen LogP) is 3.10. The molecule has 1 saturated heterocycles. The maximum absolute atomic E-state index is 13.6. The molecule has 0 spiro atoms. The molecule has 8 nitrogen and oxygen atoms in total. The minimum atomic E-state index is -1.28. The number of nitrogens with zero attached hydrogens (tertiary/aromatic N) is 3. The van der Waals surface area contributed by atoms with E-state index >= 15 is 0 Å². The van der Waals surface area contributed by atoms with E-state index in [1.807, 2.05) is 30.3 Å². The number of hydrogen-bond donors (Lipinski definition) is 1. The lowest BCUT2D eigenvalue weighted by Gasteiger charge is -2.45. The van der Waals surface area contributed by atoms with Crippen LogP contribution in [0.4, 0.5) is 16.2 Å². The Morgan fingerprint density at radius 1 is 1.25 bits per heavy atom. The zero-order chi connectivity index (χ0) is 23.0. The molecule has 0 aliphatic carbocycles. The van der Waals surface area contributed by atoms with Gasteiger partial charge in [0.1, 0.15) is 5.54 Å². The van der Waals surface area contributed by atoms with Crippen LogP contribution in [-0.2, 0) is 14.3 Å². The Morgan fingerprint density at radius 3 is 2.72 bits per heavy atom. The van der Waals surface area contributed by atoms with Crippen molar-refractivity contribution in [2.75, 3.05) is 30.4 Å². The number of likely N-dealkylation sites (N-methyl/N-ethyl adjacent to an activating group) is 1. The van der Waals surface area contributed by atoms with Gasteiger partial charge in [-0.2, -0.15) is 5.26 Å². The van der Waals surface area contributed by atoms with E-state index in [-0.39, 0.29) is 19.1 Å². The van der Waals surface area contributed by atoms with Crippen LogP contribution >= 0.6 is 0 Å². The van der Waals surface area contributed by atoms with Crippen molar-refractivity contribution >= 4 is 29.3 Å². The van der Waals surface area contributed by atoms with Gasteiger partial charge in [0.25, 0.3) is 5.91 Å². The van der Waals surface area contributed by atoms with E-state index in [0.717, 1.165) is 11.3 Å². The SMILES string of the molecule is CCOC(=O)[C@H]1CN(C(=O)Nc2cccc(C#N)c2)[C@]2(C)C(=O)N(C)c3ccccc3[C@H]12. The van der Waals surface area contributed by atoms with Crippen molar-refractivity contribution in [1.82, 2.24) is 4.90 Å². The van der Waals surface area contributed by atoms with Gasteiger partial charge in [-0.25, -0.2) is 4.79 Å². The first-order valence-electron chi connectivity index (χ1n) is 10.5. The first-order valence-corrected chi connectivity index (χ1v) is 10.5. The van der Waals surface area contributed by atoms with Crippen molar-refractivity contribution in [2.45, 2.75) is 25.3 Å². The molecule has 8 heteroatoms. The number of ether oxygens (including phenoxy) is 1. The molecule has 164 valence electrons. The lowest BCUT2D eigenvalue weighted by atomic mass is 9.72. The molecule has 0 aromatic heterocycles. The number of fused-ring (bicyclic) bond motifs is 3. The number of para-hydroxylation sites is 1. The lowest BCUT2D eigenvalue weighted by Crippen LogP contribution is -2.61. The third-order valence-corrected chi connectivity index (χ3v) is 6.40. The summed E-state index contributed by atoms with van der Waals surface area (Å²) in [5.41, 5.74) is 1.11. The fraction of sp³-hybridized carbons (Fsp3) is 0.333. The fourth-order valence-electron chi connectivity index (χ4n) is 4.94. The summed E-state index contributed by atoms with van der Waals surface area (Å²) < 4.78 is 5.32. The number of rotatable bonds is 3. The molecular formula is C24H24N4O4. The van der Waals surface area contributed by atoms with Crippen LogP contribution in [0.1, 0.15) is 30.9 Å². The Labute approximate surface area is 186 Å². The van der Waals surface area contributed by atoms with Gasteiger partial charge in [-0.3, -0.25) is 9.59 Å². The maximum atomic E-state index is 13.6. The zero-order valence-electron chi connectivity index (χ0n) is 18.2. The number of nitrogens with one attached hydrogen (secondary N) is 1. The van der Waals surface area contributed by atoms with Crippen molar-refractivity contribution in [2.24, 2.45) is 5.92 Å². The molecular weight excluding hydrogens is 408 g/mol. The number of carbonyl (C=O) groups is 3. The second-order valence-corrected chi connectivity index (χ2v) is 8.14. The topological polar surface area (TPSA) is 103 Å². The minimum absolute atomic E-state index is 0.0394. The molecule has 1 fully saturated rings. The normalized spacial score (nSPS) is 23.8. The van der Waals surface area contributed by atoms with E-state index in [1.165, 1.54) is 9.80 Å². The molecule has 3 atom stereocenters. The van der Waals surface area contributed by atoms with Crippen molar-refractivity contribution in [3.05, 3.63) is 59.7 Å². The molecule has 2 aliphatic heterocycles. The van der Waals surface area contributed by atoms with E-state index in [4.69, 9.17) is 10.00 Å². The monoisotopic (exact) mass is 432 g/mol. The standard InChI is InChI=1S/C24H24N4O4/c1-4-32-21(29)18-14-28(23(31)26-16-9-7-8-15(12-16)13-25)24(2)20(18)17-10-5-6-11-19(17)27(3)22(24)30/h5-12,18,20H,4,14H2,1-3H3,(H,26,31)/t18-,20+,24-/m0/s1. The number of amides is 3. The Balaban J connectivity index is 1.77. The number of carbonyl (C=O) groups excluding carboxylic acids is 3. The minimum Gasteiger partial charge on any atom is -0.466 e. The summed E-state index contributed by atoms with van der Waals surface area (Å²) in [6, 6.07) is 15.5. The van der Waals surface area contributed by atoms with Gasteiger partial charge in [-0.1, -0.05) is 24.3 Å². The second kappa shape index (κ2) is 8.00. The molecule has 0 bridgehead atoms. The maximum Gasteiger partial charge on any atom is 0.322 e. The van der Waals surface area contributed by atoms with Gasteiger partial charge in [-0.05, 0) is 43.7 Å². The van der Waals surface area contributed by atoms with Crippen molar-refractivity contribution in [3.8, 4) is 6.07 Å². The largest absolute Gasteiger partial charge is 0.466 e. The Hall–Kier alpha value is -3.86. The highest BCUT2D eigenvalue weighted by Crippen LogP contribution is 2.53. The van der Waals surface area contributed by atoms with Crippen molar-refractivity contribution < 1.29 is 19.1 Å². The molecule has 0 unspecified atom stereocenters. The van der Waals surface area contributed by atoms with Crippen LogP contribution in [0.3, 0.4) is 0 Å². The van der Waals surface area contributed by atoms with Crippen molar-refractivity contribution in [3.63, 3.8) is 0 Å². The van der Waals surface area contributed by atoms with Crippen LogP contribution in [0.25, 0.3) is 0 Å². The van der Waals surface area contributed by atoms with Gasteiger partial charge in [0.15, 0.2) is 0 Å². The molecule has 2 aromatic carbocycles. The van der Waals surface area contributed by atoms with Crippen molar-refractivity contribution in [1.29, 1.82) is 5.26 Å². The summed E-state index contributed by atoms with van der Waals surface area (Å²) >= 11 is 0. The third-order valence-electron chi connectivity index (χ3n) is 6.40. The number of benzene rings is 2. The van der Waals surface area contributed by atoms with E-state index in [0.29, 0.717) is 11.3 Å². The van der Waals surface area contributed by atoms with Gasteiger partial charge in [0.2, 0.25) is 0 Å². The fourth-order valence-corrected chi connectivity index (χ4v) is 4.94. The number of urea groups is 1. The molecule has 2 heterocycles. The molecule has 32 heavy (non-hydrogen) atoms. The Bertz CT molecular complexity index is 1140. The van der Waals surface area contributed by atoms with Crippen LogP contribution in [-0.4, -0.2) is 48.5 Å². The van der Waals surface area contributed by atoms with Gasteiger partial charge in [0, 0.05) is 30.9 Å². The highest BCUT2D eigenvalue weighted by molar-refractivity contribution is 6.08. The molecule has 0 saturated carbocycles. The van der Waals surface area contributed by atoms with Crippen LogP contribution in [0.5, 0.6) is 0 Å². The van der Waals surface area contributed by atoms with E-state index in [9.17, 15) is 14.4 Å². The summed E-state index contributed by atoms with van der Waals surface area (Å²) in [7, 11) is 1.67. The van der Waals surface area contributed by atoms with Gasteiger partial charge in [-0.15, -0.1) is 0 Å². The van der Waals surface area contributed by atoms with E-state index in [1.54, 1.807) is 45.2 Å². The highest BCUT2D eigenvalue weighted by Gasteiger charge is 2.63. The summed E-state index contributed by atoms with van der Waals surface area (Å²) in [4.78, 5) is 42.8. The molecule has 2 aliphatic rings. The van der Waals surface area contributed by atoms with Crippen LogP contribution in [0.2, 0.25) is 0 Å². The summed E-state index contributed by atoms with van der Waals surface area (Å²) in [5.74, 6) is -1.93. The second-order valence-electron chi connectivity index (χ2n) is 8.14. The molecule has 1 N–H and O–H groups in total. The average Bonchev–Trinajstić information content (AvgIpc) is 3.12. The van der Waals surface area contributed by atoms with Gasteiger partial charge in [0.05, 0.1) is 24.2 Å². The number of anilines is 2. The highest BCUT2D eigenvalue weighted by atomic mass is 16.5. The molecule has 4 rings (SSSR count). The molecule has 0 radical (unpaired) electrons. The quantitative estimate of drug-likeness (QED) is 0.751. The lowest BCUT2D eigenvalue weighted by molar-refractivity contribution is -0.148. The van der Waals surface area contributed by atoms with Gasteiger partial charge < -0.3 is 19.9 Å². The van der Waals surface area contributed by atoms with Crippen LogP contribution < -0.4 is 10.2 Å². The van der Waals surface area contributed by atoms with Crippen LogP contribution in [0.15, 0.2) is 48.5 Å². The van der Waals surface area contributed by atoms with Crippen LogP contribution in [0, 0.1) is 17.2 Å². The number of likely N-dealkylation sites (tertiary alicyclic amines) is 1. The van der Waals surface area contributed by atoms with E-state index < -0.39 is 29.4 Å². The van der Waals surface area contributed by atoms with E-state index in [2.05, 4.69) is 5.32 Å². The smallest absolute Gasteiger partial charge is 0.322 e. The molecule has 3 amide bonds. The Kier molecular flexibility index (Phi) is 5.35. The summed E-state index contributed by atoms with van der Waals surface area (Å²) in [6.07, 6.45) is 0. The first-order chi connectivity index (χ1) is 15.3. The number of esters is 1. The summed E-state index contributed by atoms with van der Waals surface area (Å²) in [6.45, 7) is 3.68. The van der Waals surface area contributed by atoms with Gasteiger partial charge >= 0.3 is 12.0 Å². The number of nitriles is 1. The zero-order valence-corrected chi connectivity index (χ0v) is 18.2. The third kappa shape index (κ3) is 3.17.